The van der Waals surface area contributed by atoms with E-state index in [0.717, 1.165) is 33.8 Å². The number of pyridine rings is 1. The molecular formula is C20H16N4. The van der Waals surface area contributed by atoms with E-state index in [1.54, 1.807) is 0 Å². The molecule has 0 aliphatic carbocycles. The second-order valence-corrected chi connectivity index (χ2v) is 6.18. The van der Waals surface area contributed by atoms with Crippen molar-refractivity contribution in [1.82, 2.24) is 19.2 Å². The molecule has 0 spiro atoms. The summed E-state index contributed by atoms with van der Waals surface area (Å²) in [5.74, 6) is 0.970. The summed E-state index contributed by atoms with van der Waals surface area (Å²) in [7, 11) is 0. The standard InChI is InChI=1S/C20H16N4/c1-13-11-14(2)24(22-13)19-12-21-20-17-9-4-3-7-15(17)16-8-5-6-10-18(16)23(19)20/h3-12H,1-2H3. The number of aromatic nitrogens is 4. The summed E-state index contributed by atoms with van der Waals surface area (Å²) >= 11 is 0. The van der Waals surface area contributed by atoms with Gasteiger partial charge in [-0.15, -0.1) is 0 Å². The minimum atomic E-state index is 0.965. The lowest BCUT2D eigenvalue weighted by Gasteiger charge is -2.11. The van der Waals surface area contributed by atoms with Crippen molar-refractivity contribution >= 4 is 27.3 Å². The summed E-state index contributed by atoms with van der Waals surface area (Å²) in [5, 5.41) is 8.25. The fourth-order valence-electron chi connectivity index (χ4n) is 3.59. The van der Waals surface area contributed by atoms with E-state index in [1.807, 2.05) is 17.8 Å². The number of benzene rings is 2. The maximum Gasteiger partial charge on any atom is 0.159 e. The van der Waals surface area contributed by atoms with E-state index in [9.17, 15) is 0 Å². The zero-order valence-corrected chi connectivity index (χ0v) is 13.6. The van der Waals surface area contributed by atoms with Gasteiger partial charge in [0.1, 0.15) is 5.65 Å². The number of rotatable bonds is 1. The van der Waals surface area contributed by atoms with Crippen LogP contribution < -0.4 is 0 Å². The van der Waals surface area contributed by atoms with Gasteiger partial charge in [-0.2, -0.15) is 5.10 Å². The molecule has 0 fully saturated rings. The third kappa shape index (κ3) is 1.68. The van der Waals surface area contributed by atoms with Crippen molar-refractivity contribution in [2.45, 2.75) is 13.8 Å². The lowest BCUT2D eigenvalue weighted by atomic mass is 10.1. The first-order valence-corrected chi connectivity index (χ1v) is 8.04. The van der Waals surface area contributed by atoms with Gasteiger partial charge in [-0.3, -0.25) is 4.40 Å². The lowest BCUT2D eigenvalue weighted by Crippen LogP contribution is -2.04. The molecule has 0 saturated carbocycles. The zero-order valence-electron chi connectivity index (χ0n) is 13.6. The van der Waals surface area contributed by atoms with Crippen LogP contribution in [-0.4, -0.2) is 19.2 Å². The molecule has 0 N–H and O–H groups in total. The van der Waals surface area contributed by atoms with Gasteiger partial charge in [-0.25, -0.2) is 9.67 Å². The molecule has 0 bridgehead atoms. The summed E-state index contributed by atoms with van der Waals surface area (Å²) in [6, 6.07) is 19.0. The average molecular weight is 312 g/mol. The third-order valence-electron chi connectivity index (χ3n) is 4.57. The Morgan fingerprint density at radius 2 is 1.54 bits per heavy atom. The lowest BCUT2D eigenvalue weighted by molar-refractivity contribution is 0.803. The maximum atomic E-state index is 4.73. The molecule has 3 heterocycles. The minimum Gasteiger partial charge on any atom is -0.277 e. The normalized spacial score (nSPS) is 11.8. The molecule has 5 aromatic rings. The van der Waals surface area contributed by atoms with Gasteiger partial charge in [0.2, 0.25) is 0 Å². The van der Waals surface area contributed by atoms with Gasteiger partial charge < -0.3 is 0 Å². The number of para-hydroxylation sites is 1. The summed E-state index contributed by atoms with van der Waals surface area (Å²) in [6.07, 6.45) is 1.91. The number of hydrogen-bond donors (Lipinski definition) is 0. The van der Waals surface area contributed by atoms with Crippen LogP contribution in [0.25, 0.3) is 33.1 Å². The number of aryl methyl sites for hydroxylation is 2. The van der Waals surface area contributed by atoms with Crippen LogP contribution in [0.1, 0.15) is 11.4 Å². The van der Waals surface area contributed by atoms with E-state index >= 15 is 0 Å². The van der Waals surface area contributed by atoms with Crippen LogP contribution in [0.15, 0.2) is 60.8 Å². The molecule has 24 heavy (non-hydrogen) atoms. The Balaban J connectivity index is 2.04. The summed E-state index contributed by atoms with van der Waals surface area (Å²) in [4.78, 5) is 4.73. The number of fused-ring (bicyclic) bond motifs is 6. The fourth-order valence-corrected chi connectivity index (χ4v) is 3.59. The Bertz CT molecular complexity index is 1230. The number of nitrogens with zero attached hydrogens (tertiary/aromatic N) is 4. The van der Waals surface area contributed by atoms with Crippen LogP contribution in [0.5, 0.6) is 0 Å². The highest BCUT2D eigenvalue weighted by Gasteiger charge is 2.15. The molecule has 0 radical (unpaired) electrons. The Morgan fingerprint density at radius 1 is 0.833 bits per heavy atom. The van der Waals surface area contributed by atoms with Crippen LogP contribution in [0.2, 0.25) is 0 Å². The Labute approximate surface area is 139 Å². The van der Waals surface area contributed by atoms with Crippen molar-refractivity contribution in [3.8, 4) is 5.82 Å². The molecule has 0 unspecified atom stereocenters. The van der Waals surface area contributed by atoms with Gasteiger partial charge in [-0.1, -0.05) is 42.5 Å². The summed E-state index contributed by atoms with van der Waals surface area (Å²) in [5.41, 5.74) is 4.22. The zero-order chi connectivity index (χ0) is 16.3. The van der Waals surface area contributed by atoms with Crippen molar-refractivity contribution in [1.29, 1.82) is 0 Å². The molecule has 4 nitrogen and oxygen atoms in total. The average Bonchev–Trinajstić information content (AvgIpc) is 3.18. The van der Waals surface area contributed by atoms with E-state index in [1.165, 1.54) is 10.8 Å². The topological polar surface area (TPSA) is 35.1 Å². The second-order valence-electron chi connectivity index (χ2n) is 6.18. The Morgan fingerprint density at radius 3 is 2.29 bits per heavy atom. The van der Waals surface area contributed by atoms with Crippen molar-refractivity contribution in [3.05, 3.63) is 72.2 Å². The van der Waals surface area contributed by atoms with Gasteiger partial charge >= 0.3 is 0 Å². The van der Waals surface area contributed by atoms with Gasteiger partial charge in [0.25, 0.3) is 0 Å². The van der Waals surface area contributed by atoms with Crippen LogP contribution in [0.4, 0.5) is 0 Å². The first-order valence-electron chi connectivity index (χ1n) is 8.04. The quantitative estimate of drug-likeness (QED) is 0.429. The van der Waals surface area contributed by atoms with E-state index in [-0.39, 0.29) is 0 Å². The SMILES string of the molecule is Cc1cc(C)n(-c2cnc3c4ccccc4c4ccccc4n23)n1. The van der Waals surface area contributed by atoms with Crippen LogP contribution in [0, 0.1) is 13.8 Å². The van der Waals surface area contributed by atoms with Crippen LogP contribution in [-0.2, 0) is 0 Å². The Kier molecular flexibility index (Phi) is 2.59. The van der Waals surface area contributed by atoms with Gasteiger partial charge in [0.05, 0.1) is 17.4 Å². The van der Waals surface area contributed by atoms with Gasteiger partial charge in [-0.05, 0) is 31.4 Å². The van der Waals surface area contributed by atoms with E-state index in [4.69, 9.17) is 4.98 Å². The minimum absolute atomic E-state index is 0.965. The molecule has 116 valence electrons. The highest BCUT2D eigenvalue weighted by Crippen LogP contribution is 2.30. The van der Waals surface area contributed by atoms with E-state index in [0.29, 0.717) is 0 Å². The van der Waals surface area contributed by atoms with Crippen molar-refractivity contribution in [3.63, 3.8) is 0 Å². The monoisotopic (exact) mass is 312 g/mol. The van der Waals surface area contributed by atoms with Gasteiger partial charge in [0, 0.05) is 16.5 Å². The molecule has 0 aliphatic heterocycles. The van der Waals surface area contributed by atoms with Crippen molar-refractivity contribution in [2.75, 3.05) is 0 Å². The molecule has 5 rings (SSSR count). The summed E-state index contributed by atoms with van der Waals surface area (Å²) in [6.45, 7) is 4.09. The van der Waals surface area contributed by atoms with Gasteiger partial charge in [0.15, 0.2) is 5.82 Å². The molecule has 4 heteroatoms. The highest BCUT2D eigenvalue weighted by molar-refractivity contribution is 6.11. The first kappa shape index (κ1) is 13.3. The highest BCUT2D eigenvalue weighted by atomic mass is 15.3. The molecule has 0 amide bonds. The van der Waals surface area contributed by atoms with Crippen LogP contribution >= 0.6 is 0 Å². The maximum absolute atomic E-state index is 4.73. The molecule has 0 atom stereocenters. The third-order valence-corrected chi connectivity index (χ3v) is 4.57. The molecule has 0 aliphatic rings. The summed E-state index contributed by atoms with van der Waals surface area (Å²) < 4.78 is 4.17. The fraction of sp³-hybridized carbons (Fsp3) is 0.100. The number of imidazole rings is 1. The van der Waals surface area contributed by atoms with Crippen LogP contribution in [0.3, 0.4) is 0 Å². The largest absolute Gasteiger partial charge is 0.277 e. The first-order chi connectivity index (χ1) is 11.7. The van der Waals surface area contributed by atoms with Crippen molar-refractivity contribution in [2.24, 2.45) is 0 Å². The molecule has 3 aromatic heterocycles. The predicted molar refractivity (Wildman–Crippen MR) is 96.8 cm³/mol. The Hall–Kier alpha value is -3.14. The molecule has 2 aromatic carbocycles. The molecular weight excluding hydrogens is 296 g/mol. The number of hydrogen-bond acceptors (Lipinski definition) is 2. The van der Waals surface area contributed by atoms with E-state index in [2.05, 4.69) is 71.0 Å². The van der Waals surface area contributed by atoms with E-state index < -0.39 is 0 Å². The second kappa shape index (κ2) is 4.68. The smallest absolute Gasteiger partial charge is 0.159 e. The molecule has 0 saturated heterocycles. The predicted octanol–water partition coefficient (Wildman–Crippen LogP) is 4.44. The van der Waals surface area contributed by atoms with Crippen molar-refractivity contribution < 1.29 is 0 Å².